The van der Waals surface area contributed by atoms with Crippen molar-refractivity contribution in [2.24, 2.45) is 35.5 Å². The summed E-state index contributed by atoms with van der Waals surface area (Å²) in [5.41, 5.74) is 0.718. The average molecular weight is 944 g/mol. The number of cyclic esters (lactones) is 1. The average Bonchev–Trinajstić information content (AvgIpc) is 4.08. The van der Waals surface area contributed by atoms with E-state index in [4.69, 9.17) is 37.9 Å². The van der Waals surface area contributed by atoms with Gasteiger partial charge in [0, 0.05) is 64.1 Å². The number of urea groups is 1. The van der Waals surface area contributed by atoms with Gasteiger partial charge in [-0.3, -0.25) is 14.4 Å². The van der Waals surface area contributed by atoms with Crippen molar-refractivity contribution < 1.29 is 57.1 Å². The van der Waals surface area contributed by atoms with Crippen LogP contribution in [0.2, 0.25) is 0 Å². The SMILES string of the molecule is CC[C@H]1CCC[C@H](O[C@H]2CC[C@H](N(C)C(=O)CCCC[C@@H]3SC[C@@H]4NC(=O)N[C@@H]43)C(C)O2)[C@@H](C)C(=O)C2=C[C@@H]3[C@@H](C=C[C@@H]4C[C@@H](OC5OC(C)C(OC)C(OC)C5OC)C[C@@H]34)[C@@H]2CC(=O)O1. The number of ether oxygens (including phenoxy) is 8. The van der Waals surface area contributed by atoms with Crippen LogP contribution in [0.25, 0.3) is 0 Å². The zero-order valence-corrected chi connectivity index (χ0v) is 41.2. The molecule has 16 heteroatoms. The molecule has 6 fully saturated rings. The Morgan fingerprint density at radius 3 is 2.41 bits per heavy atom. The Bertz CT molecular complexity index is 1780. The molecule has 3 aliphatic carbocycles. The fourth-order valence-corrected chi connectivity index (χ4v) is 14.4. The molecule has 66 heavy (non-hydrogen) atoms. The summed E-state index contributed by atoms with van der Waals surface area (Å²) in [5, 5.41) is 6.44. The van der Waals surface area contributed by atoms with Crippen molar-refractivity contribution in [3.8, 4) is 0 Å². The lowest BCUT2D eigenvalue weighted by Gasteiger charge is -2.44. The van der Waals surface area contributed by atoms with E-state index in [1.165, 1.54) is 0 Å². The summed E-state index contributed by atoms with van der Waals surface area (Å²) in [4.78, 5) is 55.6. The van der Waals surface area contributed by atoms with Gasteiger partial charge in [-0.25, -0.2) is 4.79 Å². The van der Waals surface area contributed by atoms with Gasteiger partial charge in [0.05, 0.1) is 49.0 Å². The fourth-order valence-electron chi connectivity index (χ4n) is 12.9. The minimum Gasteiger partial charge on any atom is -0.462 e. The number of likely N-dealkylation sites (N-methyl/N-ethyl adjacent to an activating group) is 1. The molecule has 0 bridgehead atoms. The van der Waals surface area contributed by atoms with E-state index in [0.29, 0.717) is 30.9 Å². The Balaban J connectivity index is 0.895. The number of hydrogen-bond acceptors (Lipinski definition) is 13. The summed E-state index contributed by atoms with van der Waals surface area (Å²) in [6.07, 6.45) is 12.4. The van der Waals surface area contributed by atoms with E-state index in [1.807, 2.05) is 44.5 Å². The molecule has 0 aromatic heterocycles. The number of amides is 3. The van der Waals surface area contributed by atoms with Crippen LogP contribution in [0.3, 0.4) is 0 Å². The van der Waals surface area contributed by atoms with Crippen molar-refractivity contribution in [2.75, 3.05) is 34.1 Å². The van der Waals surface area contributed by atoms with E-state index in [-0.39, 0.29) is 114 Å². The number of fused-ring (bicyclic) bond motifs is 6. The molecule has 6 unspecified atom stereocenters. The van der Waals surface area contributed by atoms with Gasteiger partial charge in [0.15, 0.2) is 18.4 Å². The predicted octanol–water partition coefficient (Wildman–Crippen LogP) is 6.11. The molecule has 0 aromatic carbocycles. The van der Waals surface area contributed by atoms with Crippen LogP contribution >= 0.6 is 11.8 Å². The Morgan fingerprint density at radius 2 is 1.67 bits per heavy atom. The summed E-state index contributed by atoms with van der Waals surface area (Å²) in [6.45, 7) is 8.01. The van der Waals surface area contributed by atoms with Gasteiger partial charge in [0.25, 0.3) is 0 Å². The second-order valence-corrected chi connectivity index (χ2v) is 21.7. The number of unbranched alkanes of at least 4 members (excludes halogenated alkanes) is 1. The van der Waals surface area contributed by atoms with Crippen molar-refractivity contribution in [1.82, 2.24) is 15.5 Å². The number of allylic oxidation sites excluding steroid dienone is 4. The third-order valence-corrected chi connectivity index (χ3v) is 18.1. The van der Waals surface area contributed by atoms with Crippen LogP contribution in [0, 0.1) is 35.5 Å². The highest BCUT2D eigenvalue weighted by Gasteiger charge is 2.53. The number of esters is 1. The maximum absolute atomic E-state index is 14.9. The van der Waals surface area contributed by atoms with E-state index in [2.05, 4.69) is 35.8 Å². The van der Waals surface area contributed by atoms with Gasteiger partial charge in [-0.2, -0.15) is 11.8 Å². The molecule has 3 amide bonds. The van der Waals surface area contributed by atoms with Crippen molar-refractivity contribution in [2.45, 2.75) is 196 Å². The molecule has 1 saturated carbocycles. The fraction of sp³-hybridized carbons (Fsp3) is 0.840. The first-order valence-corrected chi connectivity index (χ1v) is 26.1. The maximum atomic E-state index is 14.9. The number of thioether (sulfide) groups is 1. The Kier molecular flexibility index (Phi) is 16.6. The van der Waals surface area contributed by atoms with Gasteiger partial charge in [-0.15, -0.1) is 0 Å². The van der Waals surface area contributed by atoms with Gasteiger partial charge in [-0.1, -0.05) is 38.5 Å². The van der Waals surface area contributed by atoms with Crippen LogP contribution in [0.1, 0.15) is 111 Å². The number of nitrogens with one attached hydrogen (secondary N) is 2. The maximum Gasteiger partial charge on any atom is 0.315 e. The molecule has 370 valence electrons. The lowest BCUT2D eigenvalue weighted by atomic mass is 9.70. The molecule has 5 aliphatic heterocycles. The zero-order valence-electron chi connectivity index (χ0n) is 40.4. The van der Waals surface area contributed by atoms with E-state index >= 15 is 0 Å². The highest BCUT2D eigenvalue weighted by molar-refractivity contribution is 8.00. The second kappa shape index (κ2) is 22.0. The van der Waals surface area contributed by atoms with E-state index < -0.39 is 30.7 Å². The Labute approximate surface area is 396 Å². The lowest BCUT2D eigenvalue weighted by molar-refractivity contribution is -0.314. The van der Waals surface area contributed by atoms with E-state index in [1.54, 1.807) is 21.3 Å². The van der Waals surface area contributed by atoms with Crippen molar-refractivity contribution in [3.63, 3.8) is 0 Å². The highest BCUT2D eigenvalue weighted by atomic mass is 32.2. The third kappa shape index (κ3) is 10.6. The second-order valence-electron chi connectivity index (χ2n) is 20.4. The van der Waals surface area contributed by atoms with Crippen molar-refractivity contribution >= 4 is 35.5 Å². The number of methoxy groups -OCH3 is 3. The predicted molar refractivity (Wildman–Crippen MR) is 247 cm³/mol. The quantitative estimate of drug-likeness (QED) is 0.0887. The van der Waals surface area contributed by atoms with Crippen LogP contribution in [0.5, 0.6) is 0 Å². The topological polar surface area (TPSA) is 169 Å². The number of Topliss-reactive ketones (excluding diaryl/α,β-unsaturated/α-hetero) is 1. The molecular formula is C50H77N3O12S. The molecule has 15 nitrogen and oxygen atoms in total. The standard InChI is InChI=1S/C50H77N3O12S/c1-9-30-13-12-14-39(65-43-20-19-38(27(3)61-43)53(5)41(54)16-11-10-15-40-44-37(25-66-40)51-50(57)52-44)26(2)45(56)36-23-34-32(35(36)24-42(55)63-30)18-17-29-21-31(22-33(29)34)64-49-48(60-8)47(59-7)46(58-6)28(4)62-49/h17-18,23,26-35,37-40,43-44,46-49H,9-16,19-22,24-25H2,1-8H3,(H2,51,52,57)/t26-,27?,28?,29-,30+,31-,32-,33-,34-,35+,37+,38+,39+,40+,43+,44+,46?,47?,48?,49?/m1/s1. The van der Waals surface area contributed by atoms with Gasteiger partial charge in [0.2, 0.25) is 5.91 Å². The summed E-state index contributed by atoms with van der Waals surface area (Å²) in [7, 11) is 6.83. The number of carbonyl (C=O) groups is 4. The monoisotopic (exact) mass is 944 g/mol. The van der Waals surface area contributed by atoms with Gasteiger partial charge in [0.1, 0.15) is 24.4 Å². The molecule has 2 N–H and O–H groups in total. The molecule has 5 heterocycles. The summed E-state index contributed by atoms with van der Waals surface area (Å²) in [5.74, 6) is 0.657. The van der Waals surface area contributed by atoms with Gasteiger partial charge >= 0.3 is 12.0 Å². The van der Waals surface area contributed by atoms with Crippen LogP contribution in [-0.2, 0) is 52.3 Å². The summed E-state index contributed by atoms with van der Waals surface area (Å²) < 4.78 is 50.0. The molecule has 0 spiro atoms. The molecule has 8 rings (SSSR count). The first-order valence-electron chi connectivity index (χ1n) is 25.1. The van der Waals surface area contributed by atoms with E-state index in [9.17, 15) is 19.2 Å². The first-order chi connectivity index (χ1) is 31.8. The first kappa shape index (κ1) is 49.8. The van der Waals surface area contributed by atoms with Crippen LogP contribution in [-0.4, -0.2) is 148 Å². The number of hydrogen-bond donors (Lipinski definition) is 2. The highest BCUT2D eigenvalue weighted by Crippen LogP contribution is 2.54. The normalized spacial score (nSPS) is 43.6. The van der Waals surface area contributed by atoms with Crippen LogP contribution in [0.15, 0.2) is 23.8 Å². The zero-order chi connectivity index (χ0) is 46.8. The largest absolute Gasteiger partial charge is 0.462 e. The molecule has 8 aliphatic rings. The van der Waals surface area contributed by atoms with Crippen molar-refractivity contribution in [3.05, 3.63) is 23.8 Å². The van der Waals surface area contributed by atoms with E-state index in [0.717, 1.165) is 62.7 Å². The molecule has 20 atom stereocenters. The number of nitrogens with zero attached hydrogens (tertiary/aromatic N) is 1. The Morgan fingerprint density at radius 1 is 0.879 bits per heavy atom. The third-order valence-electron chi connectivity index (χ3n) is 16.5. The lowest BCUT2D eigenvalue weighted by Crippen LogP contribution is -2.59. The van der Waals surface area contributed by atoms with Gasteiger partial charge in [-0.05, 0) is 101 Å². The minimum absolute atomic E-state index is 0.00367. The number of carbonyl (C=O) groups excluding carboxylic acids is 4. The summed E-state index contributed by atoms with van der Waals surface area (Å²) >= 11 is 1.90. The summed E-state index contributed by atoms with van der Waals surface area (Å²) in [6, 6.07) is 0.238. The molecular weight excluding hydrogens is 867 g/mol. The Hall–Kier alpha value is -2.57. The van der Waals surface area contributed by atoms with Crippen molar-refractivity contribution in [1.29, 1.82) is 0 Å². The smallest absolute Gasteiger partial charge is 0.315 e. The van der Waals surface area contributed by atoms with Crippen LogP contribution < -0.4 is 10.6 Å². The molecule has 0 aromatic rings. The number of ketones is 1. The van der Waals surface area contributed by atoms with Crippen LogP contribution in [0.4, 0.5) is 4.79 Å². The molecule has 5 saturated heterocycles. The minimum atomic E-state index is -0.623. The number of rotatable bonds is 14. The molecule has 0 radical (unpaired) electrons. The van der Waals surface area contributed by atoms with Gasteiger partial charge < -0.3 is 53.4 Å².